The van der Waals surface area contributed by atoms with Crippen LogP contribution >= 0.6 is 0 Å². The van der Waals surface area contributed by atoms with E-state index in [-0.39, 0.29) is 18.1 Å². The molecule has 0 saturated heterocycles. The normalized spacial score (nSPS) is 13.8. The molecule has 1 aliphatic rings. The Hall–Kier alpha value is -2.30. The van der Waals surface area contributed by atoms with Crippen molar-refractivity contribution >= 4 is 17.6 Å². The molecule has 1 amide bonds. The third-order valence-electron chi connectivity index (χ3n) is 2.58. The van der Waals surface area contributed by atoms with Crippen LogP contribution in [-0.2, 0) is 4.79 Å². The van der Waals surface area contributed by atoms with Crippen LogP contribution in [0.2, 0.25) is 0 Å². The van der Waals surface area contributed by atoms with Gasteiger partial charge in [0.2, 0.25) is 0 Å². The summed E-state index contributed by atoms with van der Waals surface area (Å²) in [5, 5.41) is 8.96. The van der Waals surface area contributed by atoms with Gasteiger partial charge in [0.1, 0.15) is 5.75 Å². The van der Waals surface area contributed by atoms with Crippen LogP contribution in [-0.4, -0.2) is 30.1 Å². The maximum Gasteiger partial charge on any atom is 0.335 e. The zero-order valence-electron chi connectivity index (χ0n) is 9.97. The number of rotatable bonds is 3. The fourth-order valence-electron chi connectivity index (χ4n) is 1.78. The summed E-state index contributed by atoms with van der Waals surface area (Å²) in [6, 6.07) is 4.46. The van der Waals surface area contributed by atoms with E-state index in [1.54, 1.807) is 6.07 Å². The highest BCUT2D eigenvalue weighted by molar-refractivity contribution is 6.00. The molecule has 0 spiro atoms. The number of nitrogens with zero attached hydrogens (tertiary/aromatic N) is 1. The highest BCUT2D eigenvalue weighted by Gasteiger charge is 2.26. The van der Waals surface area contributed by atoms with Crippen molar-refractivity contribution in [2.24, 2.45) is 0 Å². The van der Waals surface area contributed by atoms with Crippen LogP contribution in [0.3, 0.4) is 0 Å². The van der Waals surface area contributed by atoms with Gasteiger partial charge in [-0.25, -0.2) is 4.79 Å². The molecule has 0 atom stereocenters. The Labute approximate surface area is 104 Å². The molecule has 1 aliphatic heterocycles. The fourth-order valence-corrected chi connectivity index (χ4v) is 1.78. The summed E-state index contributed by atoms with van der Waals surface area (Å²) in [4.78, 5) is 24.2. The van der Waals surface area contributed by atoms with Gasteiger partial charge in [-0.05, 0) is 25.1 Å². The second-order valence-electron chi connectivity index (χ2n) is 4.21. The molecule has 0 radical (unpaired) electrons. The molecule has 0 saturated carbocycles. The summed E-state index contributed by atoms with van der Waals surface area (Å²) >= 11 is 0. The molecule has 0 bridgehead atoms. The SMILES string of the molecule is C=C(C)CN1C(=O)COc2ccc(C(=O)O)cc21. The van der Waals surface area contributed by atoms with Crippen molar-refractivity contribution in [1.82, 2.24) is 0 Å². The summed E-state index contributed by atoms with van der Waals surface area (Å²) in [6.45, 7) is 5.90. The number of hydrogen-bond donors (Lipinski definition) is 1. The summed E-state index contributed by atoms with van der Waals surface area (Å²) in [5.74, 6) is -0.722. The number of ether oxygens (including phenoxy) is 1. The smallest absolute Gasteiger partial charge is 0.335 e. The number of amides is 1. The average Bonchev–Trinajstić information content (AvgIpc) is 2.31. The number of aromatic carboxylic acids is 1. The number of fused-ring (bicyclic) bond motifs is 1. The van der Waals surface area contributed by atoms with E-state index in [0.717, 1.165) is 5.57 Å². The van der Waals surface area contributed by atoms with E-state index >= 15 is 0 Å². The number of anilines is 1. The molecule has 0 unspecified atom stereocenters. The second-order valence-corrected chi connectivity index (χ2v) is 4.21. The maximum absolute atomic E-state index is 11.8. The van der Waals surface area contributed by atoms with Crippen LogP contribution in [0.25, 0.3) is 0 Å². The predicted molar refractivity (Wildman–Crippen MR) is 66.1 cm³/mol. The molecule has 1 aromatic rings. The minimum Gasteiger partial charge on any atom is -0.482 e. The van der Waals surface area contributed by atoms with Crippen molar-refractivity contribution in [3.8, 4) is 5.75 Å². The van der Waals surface area contributed by atoms with E-state index in [9.17, 15) is 9.59 Å². The van der Waals surface area contributed by atoms with Crippen molar-refractivity contribution in [3.05, 3.63) is 35.9 Å². The van der Waals surface area contributed by atoms with Gasteiger partial charge in [0.25, 0.3) is 5.91 Å². The van der Waals surface area contributed by atoms with Gasteiger partial charge >= 0.3 is 5.97 Å². The molecule has 2 rings (SSSR count). The lowest BCUT2D eigenvalue weighted by Gasteiger charge is -2.29. The van der Waals surface area contributed by atoms with Crippen LogP contribution < -0.4 is 9.64 Å². The third kappa shape index (κ3) is 2.20. The van der Waals surface area contributed by atoms with E-state index in [2.05, 4.69) is 6.58 Å². The van der Waals surface area contributed by atoms with Gasteiger partial charge in [-0.2, -0.15) is 0 Å². The Morgan fingerprint density at radius 2 is 2.28 bits per heavy atom. The van der Waals surface area contributed by atoms with E-state index < -0.39 is 5.97 Å². The quantitative estimate of drug-likeness (QED) is 0.825. The molecule has 0 fully saturated rings. The van der Waals surface area contributed by atoms with Crippen LogP contribution in [0, 0.1) is 0 Å². The number of carbonyl (C=O) groups excluding carboxylic acids is 1. The van der Waals surface area contributed by atoms with Gasteiger partial charge in [-0.1, -0.05) is 12.2 Å². The highest BCUT2D eigenvalue weighted by Crippen LogP contribution is 2.33. The van der Waals surface area contributed by atoms with E-state index in [1.807, 2.05) is 6.92 Å². The Morgan fingerprint density at radius 3 is 2.89 bits per heavy atom. The molecular weight excluding hydrogens is 234 g/mol. The molecule has 94 valence electrons. The molecule has 18 heavy (non-hydrogen) atoms. The standard InChI is InChI=1S/C13H13NO4/c1-8(2)6-14-10-5-9(13(16)17)3-4-11(10)18-7-12(14)15/h3-5H,1,6-7H2,2H3,(H,16,17). The minimum atomic E-state index is -1.04. The number of hydrogen-bond acceptors (Lipinski definition) is 3. The number of carboxylic acids is 1. The fraction of sp³-hybridized carbons (Fsp3) is 0.231. The molecule has 1 aromatic carbocycles. The Kier molecular flexibility index (Phi) is 3.06. The lowest BCUT2D eigenvalue weighted by atomic mass is 10.1. The first-order valence-corrected chi connectivity index (χ1v) is 5.44. The molecule has 1 heterocycles. The number of carbonyl (C=O) groups is 2. The predicted octanol–water partition coefficient (Wildman–Crippen LogP) is 1.69. The van der Waals surface area contributed by atoms with Crippen LogP contribution in [0.15, 0.2) is 30.4 Å². The summed E-state index contributed by atoms with van der Waals surface area (Å²) in [5.41, 5.74) is 1.42. The Balaban J connectivity index is 2.46. The van der Waals surface area contributed by atoms with Crippen molar-refractivity contribution in [2.45, 2.75) is 6.92 Å². The molecule has 0 aromatic heterocycles. The van der Waals surface area contributed by atoms with Crippen LogP contribution in [0.5, 0.6) is 5.75 Å². The molecule has 5 nitrogen and oxygen atoms in total. The van der Waals surface area contributed by atoms with Gasteiger partial charge < -0.3 is 14.7 Å². The largest absolute Gasteiger partial charge is 0.482 e. The lowest BCUT2D eigenvalue weighted by Crippen LogP contribution is -2.39. The monoisotopic (exact) mass is 247 g/mol. The zero-order valence-corrected chi connectivity index (χ0v) is 9.97. The summed E-state index contributed by atoms with van der Waals surface area (Å²) in [6.07, 6.45) is 0. The topological polar surface area (TPSA) is 66.8 Å². The molecule has 0 aliphatic carbocycles. The Bertz CT molecular complexity index is 536. The number of carboxylic acid groups (broad SMARTS) is 1. The molecular formula is C13H13NO4. The van der Waals surface area contributed by atoms with E-state index in [1.165, 1.54) is 17.0 Å². The zero-order chi connectivity index (χ0) is 13.3. The first kappa shape index (κ1) is 12.2. The molecule has 5 heteroatoms. The van der Waals surface area contributed by atoms with E-state index in [4.69, 9.17) is 9.84 Å². The second kappa shape index (κ2) is 4.52. The van der Waals surface area contributed by atoms with Crippen LogP contribution in [0.1, 0.15) is 17.3 Å². The van der Waals surface area contributed by atoms with E-state index in [0.29, 0.717) is 18.0 Å². The van der Waals surface area contributed by atoms with Crippen molar-refractivity contribution in [1.29, 1.82) is 0 Å². The van der Waals surface area contributed by atoms with Gasteiger partial charge in [0.05, 0.1) is 11.3 Å². The average molecular weight is 247 g/mol. The van der Waals surface area contributed by atoms with Gasteiger partial charge in [-0.15, -0.1) is 0 Å². The summed E-state index contributed by atoms with van der Waals surface area (Å²) < 4.78 is 5.27. The maximum atomic E-state index is 11.8. The highest BCUT2D eigenvalue weighted by atomic mass is 16.5. The van der Waals surface area contributed by atoms with Gasteiger partial charge in [0, 0.05) is 6.54 Å². The van der Waals surface area contributed by atoms with Crippen LogP contribution in [0.4, 0.5) is 5.69 Å². The Morgan fingerprint density at radius 1 is 1.56 bits per heavy atom. The third-order valence-corrected chi connectivity index (χ3v) is 2.58. The van der Waals surface area contributed by atoms with Crippen molar-refractivity contribution < 1.29 is 19.4 Å². The van der Waals surface area contributed by atoms with Gasteiger partial charge in [-0.3, -0.25) is 4.79 Å². The number of benzene rings is 1. The lowest BCUT2D eigenvalue weighted by molar-refractivity contribution is -0.121. The van der Waals surface area contributed by atoms with Crippen molar-refractivity contribution in [2.75, 3.05) is 18.1 Å². The van der Waals surface area contributed by atoms with Crippen molar-refractivity contribution in [3.63, 3.8) is 0 Å². The molecule has 1 N–H and O–H groups in total. The first-order chi connectivity index (χ1) is 8.49. The van der Waals surface area contributed by atoms with Gasteiger partial charge in [0.15, 0.2) is 6.61 Å². The minimum absolute atomic E-state index is 0.0350. The summed E-state index contributed by atoms with van der Waals surface area (Å²) in [7, 11) is 0. The first-order valence-electron chi connectivity index (χ1n) is 5.44.